The zero-order valence-electron chi connectivity index (χ0n) is 23.3. The lowest BCUT2D eigenvalue weighted by Gasteiger charge is -2.24. The van der Waals surface area contributed by atoms with Crippen molar-refractivity contribution in [3.8, 4) is 0 Å². The van der Waals surface area contributed by atoms with Crippen LogP contribution < -0.4 is 0 Å². The number of nitrogens with zero attached hydrogens (tertiary/aromatic N) is 2. The zero-order chi connectivity index (χ0) is 27.0. The van der Waals surface area contributed by atoms with Crippen molar-refractivity contribution >= 4 is 29.5 Å². The molecular weight excluding hydrogens is 484 g/mol. The topological polar surface area (TPSA) is 77.9 Å². The Balaban J connectivity index is 1.94. The van der Waals surface area contributed by atoms with Crippen LogP contribution in [0.25, 0.3) is 0 Å². The number of carbonyl (C=O) groups is 3. The number of carbonyl (C=O) groups excluding carboxylic acids is 2. The van der Waals surface area contributed by atoms with Gasteiger partial charge in [0.25, 0.3) is 0 Å². The second-order valence-corrected chi connectivity index (χ2v) is 11.6. The maximum absolute atomic E-state index is 13.4. The standard InChI is InChI=1S/C30H48N2O4S/c1-4-7-10-11-15-28-32(22-13-12-14-24-16-18-25(19-17-24)30(35)36)29(34)26(37-28)23-27(33)31(20-8-5-2)21-9-6-3/h16-19,26,28H,4-15,20-23H2,1-3H3,(H,35,36). The van der Waals surface area contributed by atoms with Gasteiger partial charge in [0.2, 0.25) is 11.8 Å². The van der Waals surface area contributed by atoms with E-state index >= 15 is 0 Å². The Morgan fingerprint density at radius 3 is 2.14 bits per heavy atom. The number of carboxylic acid groups (broad SMARTS) is 1. The van der Waals surface area contributed by atoms with Gasteiger partial charge in [-0.1, -0.05) is 71.4 Å². The Morgan fingerprint density at radius 1 is 0.892 bits per heavy atom. The molecule has 1 aliphatic rings. The summed E-state index contributed by atoms with van der Waals surface area (Å²) in [5, 5.41) is 8.97. The minimum absolute atomic E-state index is 0.129. The van der Waals surface area contributed by atoms with Gasteiger partial charge in [-0.05, 0) is 56.2 Å². The number of rotatable bonds is 19. The molecule has 0 saturated carbocycles. The molecular formula is C30H48N2O4S. The first-order chi connectivity index (χ1) is 17.9. The van der Waals surface area contributed by atoms with Gasteiger partial charge in [-0.3, -0.25) is 9.59 Å². The average Bonchev–Trinajstić information content (AvgIpc) is 3.18. The summed E-state index contributed by atoms with van der Waals surface area (Å²) in [4.78, 5) is 41.7. The molecule has 0 radical (unpaired) electrons. The van der Waals surface area contributed by atoms with E-state index < -0.39 is 5.97 Å². The van der Waals surface area contributed by atoms with E-state index in [1.807, 2.05) is 21.9 Å². The molecule has 1 fully saturated rings. The van der Waals surface area contributed by atoms with Crippen molar-refractivity contribution in [3.63, 3.8) is 0 Å². The highest BCUT2D eigenvalue weighted by molar-refractivity contribution is 8.01. The summed E-state index contributed by atoms with van der Waals surface area (Å²) in [7, 11) is 0. The summed E-state index contributed by atoms with van der Waals surface area (Å²) in [5.41, 5.74) is 1.42. The molecule has 1 N–H and O–H groups in total. The van der Waals surface area contributed by atoms with E-state index in [0.717, 1.165) is 83.0 Å². The molecule has 0 aromatic heterocycles. The third kappa shape index (κ3) is 10.7. The number of unbranched alkanes of at least 4 members (excludes halogenated alkanes) is 6. The lowest BCUT2D eigenvalue weighted by molar-refractivity contribution is -0.136. The van der Waals surface area contributed by atoms with Crippen molar-refractivity contribution in [2.24, 2.45) is 0 Å². The van der Waals surface area contributed by atoms with Crippen molar-refractivity contribution in [2.45, 2.75) is 115 Å². The molecule has 2 amide bonds. The Hall–Kier alpha value is -2.02. The first-order valence-electron chi connectivity index (χ1n) is 14.5. The smallest absolute Gasteiger partial charge is 0.335 e. The molecule has 37 heavy (non-hydrogen) atoms. The summed E-state index contributed by atoms with van der Waals surface area (Å²) in [5.74, 6) is -0.645. The molecule has 1 heterocycles. The van der Waals surface area contributed by atoms with E-state index in [-0.39, 0.29) is 22.4 Å². The van der Waals surface area contributed by atoms with Gasteiger partial charge in [-0.25, -0.2) is 4.79 Å². The lowest BCUT2D eigenvalue weighted by Crippen LogP contribution is -2.38. The largest absolute Gasteiger partial charge is 0.478 e. The number of thioether (sulfide) groups is 1. The van der Waals surface area contributed by atoms with Gasteiger partial charge in [0.1, 0.15) is 0 Å². The quantitative estimate of drug-likeness (QED) is 0.199. The Bertz CT molecular complexity index is 821. The van der Waals surface area contributed by atoms with Crippen LogP contribution in [0.15, 0.2) is 24.3 Å². The fourth-order valence-electron chi connectivity index (χ4n) is 4.78. The average molecular weight is 533 g/mol. The normalized spacial score (nSPS) is 17.4. The molecule has 2 rings (SSSR count). The molecule has 0 aliphatic carbocycles. The predicted octanol–water partition coefficient (Wildman–Crippen LogP) is 6.77. The number of hydrogen-bond donors (Lipinski definition) is 1. The Kier molecular flexibility index (Phi) is 14.7. The number of aryl methyl sites for hydroxylation is 1. The summed E-state index contributed by atoms with van der Waals surface area (Å²) in [6.45, 7) is 8.80. The molecule has 1 aromatic rings. The van der Waals surface area contributed by atoms with E-state index in [1.165, 1.54) is 19.3 Å². The monoisotopic (exact) mass is 532 g/mol. The van der Waals surface area contributed by atoms with Crippen LogP contribution in [0, 0.1) is 0 Å². The molecule has 6 nitrogen and oxygen atoms in total. The number of hydrogen-bond acceptors (Lipinski definition) is 4. The van der Waals surface area contributed by atoms with Gasteiger partial charge in [-0.2, -0.15) is 0 Å². The van der Waals surface area contributed by atoms with Gasteiger partial charge in [-0.15, -0.1) is 11.8 Å². The van der Waals surface area contributed by atoms with Crippen LogP contribution in [0.4, 0.5) is 0 Å². The SMILES string of the molecule is CCCCCCC1SC(CC(=O)N(CCCC)CCCC)C(=O)N1CCCCc1ccc(C(=O)O)cc1. The Morgan fingerprint density at radius 2 is 1.54 bits per heavy atom. The van der Waals surface area contributed by atoms with Crippen LogP contribution in [0.2, 0.25) is 0 Å². The van der Waals surface area contributed by atoms with Gasteiger partial charge in [0, 0.05) is 26.1 Å². The highest BCUT2D eigenvalue weighted by atomic mass is 32.2. The minimum Gasteiger partial charge on any atom is -0.478 e. The fourth-order valence-corrected chi connectivity index (χ4v) is 6.31. The van der Waals surface area contributed by atoms with Gasteiger partial charge in [0.05, 0.1) is 16.2 Å². The van der Waals surface area contributed by atoms with E-state index in [0.29, 0.717) is 12.0 Å². The van der Waals surface area contributed by atoms with E-state index in [1.54, 1.807) is 23.9 Å². The molecule has 2 unspecified atom stereocenters. The zero-order valence-corrected chi connectivity index (χ0v) is 24.1. The molecule has 1 aliphatic heterocycles. The van der Waals surface area contributed by atoms with Crippen LogP contribution in [0.3, 0.4) is 0 Å². The van der Waals surface area contributed by atoms with Crippen molar-refractivity contribution in [2.75, 3.05) is 19.6 Å². The van der Waals surface area contributed by atoms with Crippen molar-refractivity contribution in [1.29, 1.82) is 0 Å². The van der Waals surface area contributed by atoms with Crippen molar-refractivity contribution < 1.29 is 19.5 Å². The molecule has 1 aromatic carbocycles. The first-order valence-corrected chi connectivity index (χ1v) is 15.4. The van der Waals surface area contributed by atoms with Gasteiger partial charge in [0.15, 0.2) is 0 Å². The maximum Gasteiger partial charge on any atom is 0.335 e. The third-order valence-corrected chi connectivity index (χ3v) is 8.62. The predicted molar refractivity (Wildman–Crippen MR) is 153 cm³/mol. The molecule has 1 saturated heterocycles. The van der Waals surface area contributed by atoms with Crippen LogP contribution >= 0.6 is 11.8 Å². The van der Waals surface area contributed by atoms with E-state index in [4.69, 9.17) is 5.11 Å². The number of benzene rings is 1. The summed E-state index contributed by atoms with van der Waals surface area (Å²) in [6.07, 6.45) is 12.9. The van der Waals surface area contributed by atoms with Crippen LogP contribution in [-0.4, -0.2) is 62.9 Å². The first kappa shape index (κ1) is 31.2. The second-order valence-electron chi connectivity index (χ2n) is 10.2. The molecule has 7 heteroatoms. The van der Waals surface area contributed by atoms with Crippen molar-refractivity contribution in [3.05, 3.63) is 35.4 Å². The van der Waals surface area contributed by atoms with Gasteiger partial charge < -0.3 is 14.9 Å². The third-order valence-electron chi connectivity index (χ3n) is 7.12. The summed E-state index contributed by atoms with van der Waals surface area (Å²) in [6, 6.07) is 7.05. The number of amides is 2. The Labute approximate surface area is 228 Å². The van der Waals surface area contributed by atoms with Crippen LogP contribution in [0.5, 0.6) is 0 Å². The van der Waals surface area contributed by atoms with Crippen molar-refractivity contribution in [1.82, 2.24) is 9.80 Å². The van der Waals surface area contributed by atoms with Crippen LogP contribution in [0.1, 0.15) is 114 Å². The second kappa shape index (κ2) is 17.5. The highest BCUT2D eigenvalue weighted by Gasteiger charge is 2.40. The van der Waals surface area contributed by atoms with E-state index in [2.05, 4.69) is 20.8 Å². The highest BCUT2D eigenvalue weighted by Crippen LogP contribution is 2.37. The summed E-state index contributed by atoms with van der Waals surface area (Å²) < 4.78 is 0. The van der Waals surface area contributed by atoms with E-state index in [9.17, 15) is 14.4 Å². The summed E-state index contributed by atoms with van der Waals surface area (Å²) >= 11 is 1.71. The minimum atomic E-state index is -0.909. The lowest BCUT2D eigenvalue weighted by atomic mass is 10.1. The fraction of sp³-hybridized carbons (Fsp3) is 0.700. The molecule has 0 bridgehead atoms. The molecule has 0 spiro atoms. The van der Waals surface area contributed by atoms with Gasteiger partial charge >= 0.3 is 5.97 Å². The molecule has 208 valence electrons. The number of carboxylic acids is 1. The number of aromatic carboxylic acids is 1. The maximum atomic E-state index is 13.4. The van der Waals surface area contributed by atoms with Crippen LogP contribution in [-0.2, 0) is 16.0 Å². The molecule has 2 atom stereocenters.